The number of hydrogen-bond acceptors (Lipinski definition) is 2. The molecule has 1 aliphatic rings. The van der Waals surface area contributed by atoms with Crippen LogP contribution in [-0.4, -0.2) is 12.1 Å². The maximum absolute atomic E-state index is 11.4. The van der Waals surface area contributed by atoms with Crippen LogP contribution in [0.5, 0.6) is 0 Å². The van der Waals surface area contributed by atoms with Gasteiger partial charge in [0.25, 0.3) is 0 Å². The van der Waals surface area contributed by atoms with Crippen LogP contribution in [0.25, 0.3) is 0 Å². The Morgan fingerprint density at radius 1 is 1.23 bits per heavy atom. The lowest BCUT2D eigenvalue weighted by molar-refractivity contribution is -0.127. The van der Waals surface area contributed by atoms with Gasteiger partial charge >= 0.3 is 0 Å². The monoisotopic (exact) mass is 180 g/mol. The number of carbonyl (C=O) groups excluding carboxylic acids is 1. The van der Waals surface area contributed by atoms with Crippen molar-refractivity contribution < 1.29 is 4.79 Å². The van der Waals surface area contributed by atoms with E-state index in [9.17, 15) is 4.79 Å². The van der Waals surface area contributed by atoms with Crippen molar-refractivity contribution in [2.45, 2.75) is 27.7 Å². The molecule has 0 saturated heterocycles. The van der Waals surface area contributed by atoms with Crippen LogP contribution in [0.2, 0.25) is 0 Å². The fourth-order valence-electron chi connectivity index (χ4n) is 0.943. The van der Waals surface area contributed by atoms with Crippen molar-refractivity contribution in [3.63, 3.8) is 0 Å². The molecule has 1 heterocycles. The third kappa shape index (κ3) is 2.41. The van der Waals surface area contributed by atoms with Crippen molar-refractivity contribution in [1.82, 2.24) is 5.43 Å². The largest absolute Gasteiger partial charge is 0.272 e. The summed E-state index contributed by atoms with van der Waals surface area (Å²) in [5.41, 5.74) is 1.94. The van der Waals surface area contributed by atoms with Gasteiger partial charge in [0.15, 0.2) is 0 Å². The van der Waals surface area contributed by atoms with E-state index in [1.54, 1.807) is 6.21 Å². The van der Waals surface area contributed by atoms with Crippen LogP contribution in [0.15, 0.2) is 17.3 Å². The second-order valence-electron chi connectivity index (χ2n) is 4.58. The molecule has 0 fully saturated rings. The van der Waals surface area contributed by atoms with Gasteiger partial charge in [-0.3, -0.25) is 4.79 Å². The van der Waals surface area contributed by atoms with E-state index in [-0.39, 0.29) is 11.3 Å². The number of carbonyl (C=O) groups is 1. The minimum atomic E-state index is -0.477. The molecule has 1 amide bonds. The number of hydrazone groups is 1. The minimum absolute atomic E-state index is 0.0736. The fraction of sp³-hybridized carbons (Fsp3) is 0.600. The molecule has 0 radical (unpaired) electrons. The van der Waals surface area contributed by atoms with Crippen molar-refractivity contribution >= 4 is 12.1 Å². The Morgan fingerprint density at radius 2 is 1.85 bits per heavy atom. The van der Waals surface area contributed by atoms with Crippen molar-refractivity contribution in [3.05, 3.63) is 12.2 Å². The van der Waals surface area contributed by atoms with Gasteiger partial charge in [-0.15, -0.1) is 0 Å². The molecule has 72 valence electrons. The number of nitrogens with zero attached hydrogens (tertiary/aromatic N) is 1. The first kappa shape index (κ1) is 9.96. The van der Waals surface area contributed by atoms with E-state index in [2.05, 4.69) is 10.5 Å². The third-order valence-electron chi connectivity index (χ3n) is 2.08. The highest BCUT2D eigenvalue weighted by Crippen LogP contribution is 2.23. The van der Waals surface area contributed by atoms with Gasteiger partial charge < -0.3 is 0 Å². The molecule has 0 aliphatic carbocycles. The Kier molecular flexibility index (Phi) is 2.28. The topological polar surface area (TPSA) is 41.5 Å². The number of rotatable bonds is 0. The first-order valence-electron chi connectivity index (χ1n) is 4.39. The van der Waals surface area contributed by atoms with Gasteiger partial charge in [0.1, 0.15) is 0 Å². The molecule has 3 nitrogen and oxygen atoms in total. The highest BCUT2D eigenvalue weighted by molar-refractivity contribution is 5.85. The summed E-state index contributed by atoms with van der Waals surface area (Å²) in [7, 11) is 0. The number of nitrogens with one attached hydrogen (secondary N) is 1. The van der Waals surface area contributed by atoms with E-state index < -0.39 is 5.41 Å². The predicted molar refractivity (Wildman–Crippen MR) is 53.3 cm³/mol. The number of hydrogen-bond donors (Lipinski definition) is 1. The molecule has 0 spiro atoms. The zero-order valence-electron chi connectivity index (χ0n) is 8.59. The number of allylic oxidation sites excluding steroid dienone is 1. The first-order valence-corrected chi connectivity index (χ1v) is 4.39. The molecule has 1 aliphatic heterocycles. The Labute approximate surface area is 78.9 Å². The average molecular weight is 180 g/mol. The maximum atomic E-state index is 11.4. The van der Waals surface area contributed by atoms with Crippen molar-refractivity contribution in [1.29, 1.82) is 0 Å². The molecule has 0 saturated carbocycles. The lowest BCUT2D eigenvalue weighted by Crippen LogP contribution is -2.34. The maximum Gasteiger partial charge on any atom is 0.249 e. The molecule has 0 aromatic heterocycles. The van der Waals surface area contributed by atoms with Crippen molar-refractivity contribution in [2.24, 2.45) is 15.9 Å². The van der Waals surface area contributed by atoms with Crippen LogP contribution in [0.3, 0.4) is 0 Å². The Balaban J connectivity index is 2.98. The summed E-state index contributed by atoms with van der Waals surface area (Å²) in [4.78, 5) is 11.4. The minimum Gasteiger partial charge on any atom is -0.272 e. The van der Waals surface area contributed by atoms with E-state index in [4.69, 9.17) is 0 Å². The first-order chi connectivity index (χ1) is 5.83. The highest BCUT2D eigenvalue weighted by Gasteiger charge is 2.26. The zero-order valence-corrected chi connectivity index (χ0v) is 8.59. The van der Waals surface area contributed by atoms with Gasteiger partial charge in [0.2, 0.25) is 5.91 Å². The lowest BCUT2D eigenvalue weighted by Gasteiger charge is -2.23. The van der Waals surface area contributed by atoms with Gasteiger partial charge in [-0.25, -0.2) is 5.43 Å². The van der Waals surface area contributed by atoms with E-state index in [1.807, 2.05) is 39.8 Å². The van der Waals surface area contributed by atoms with Crippen LogP contribution in [-0.2, 0) is 4.79 Å². The molecule has 3 heteroatoms. The molecule has 0 aromatic carbocycles. The van der Waals surface area contributed by atoms with Crippen LogP contribution >= 0.6 is 0 Å². The van der Waals surface area contributed by atoms with Gasteiger partial charge in [-0.1, -0.05) is 26.0 Å². The summed E-state index contributed by atoms with van der Waals surface area (Å²) >= 11 is 0. The predicted octanol–water partition coefficient (Wildman–Crippen LogP) is 1.71. The molecule has 1 rings (SSSR count). The van der Waals surface area contributed by atoms with Crippen LogP contribution in [0.4, 0.5) is 0 Å². The summed E-state index contributed by atoms with van der Waals surface area (Å²) in [5.74, 6) is -0.0736. The SMILES string of the molecule is CC1(C)C=NNC(=O)C(C)(C)/C=C\1. The fourth-order valence-corrected chi connectivity index (χ4v) is 0.943. The summed E-state index contributed by atoms with van der Waals surface area (Å²) < 4.78 is 0. The average Bonchev–Trinajstić information content (AvgIpc) is 2.00. The smallest absolute Gasteiger partial charge is 0.249 e. The molecular formula is C10H16N2O. The van der Waals surface area contributed by atoms with Crippen LogP contribution in [0.1, 0.15) is 27.7 Å². The van der Waals surface area contributed by atoms with E-state index >= 15 is 0 Å². The van der Waals surface area contributed by atoms with E-state index in [0.717, 1.165) is 0 Å². The normalized spacial score (nSPS) is 27.2. The quantitative estimate of drug-likeness (QED) is 0.566. The Bertz CT molecular complexity index is 275. The lowest BCUT2D eigenvalue weighted by atomic mass is 9.86. The third-order valence-corrected chi connectivity index (χ3v) is 2.08. The summed E-state index contributed by atoms with van der Waals surface area (Å²) in [6.07, 6.45) is 5.67. The summed E-state index contributed by atoms with van der Waals surface area (Å²) in [5, 5.41) is 3.88. The second-order valence-corrected chi connectivity index (χ2v) is 4.58. The van der Waals surface area contributed by atoms with Gasteiger partial charge in [0.05, 0.1) is 5.41 Å². The van der Waals surface area contributed by atoms with Gasteiger partial charge in [-0.05, 0) is 13.8 Å². The van der Waals surface area contributed by atoms with Gasteiger partial charge in [-0.2, -0.15) is 5.10 Å². The highest BCUT2D eigenvalue weighted by atomic mass is 16.2. The zero-order chi connectivity index (χ0) is 10.1. The molecule has 0 aromatic rings. The van der Waals surface area contributed by atoms with Crippen LogP contribution < -0.4 is 5.43 Å². The second kappa shape index (κ2) is 2.98. The Hall–Kier alpha value is -1.12. The van der Waals surface area contributed by atoms with E-state index in [0.29, 0.717) is 0 Å². The molecular weight excluding hydrogens is 164 g/mol. The van der Waals surface area contributed by atoms with E-state index in [1.165, 1.54) is 0 Å². The summed E-state index contributed by atoms with van der Waals surface area (Å²) in [6, 6.07) is 0. The molecule has 0 unspecified atom stereocenters. The van der Waals surface area contributed by atoms with Crippen molar-refractivity contribution in [2.75, 3.05) is 0 Å². The molecule has 13 heavy (non-hydrogen) atoms. The molecule has 0 atom stereocenters. The summed E-state index contributed by atoms with van der Waals surface area (Å²) in [6.45, 7) is 7.83. The van der Waals surface area contributed by atoms with Crippen LogP contribution in [0, 0.1) is 10.8 Å². The van der Waals surface area contributed by atoms with Crippen molar-refractivity contribution in [3.8, 4) is 0 Å². The molecule has 0 bridgehead atoms. The Morgan fingerprint density at radius 3 is 2.46 bits per heavy atom. The van der Waals surface area contributed by atoms with Gasteiger partial charge in [0, 0.05) is 11.6 Å². The standard InChI is InChI=1S/C10H16N2O/c1-9(2)5-6-10(3,4)8(13)12-11-7-9/h5-7H,1-4H3,(H,12,13)/b6-5-,11-7?. The molecule has 1 N–H and O–H groups in total. The number of amides is 1.